The first-order valence-corrected chi connectivity index (χ1v) is 6.41. The van der Waals surface area contributed by atoms with Crippen molar-refractivity contribution in [2.45, 2.75) is 13.0 Å². The second-order valence-corrected chi connectivity index (χ2v) is 4.72. The molecule has 0 bridgehead atoms. The van der Waals surface area contributed by atoms with Crippen LogP contribution in [0.4, 0.5) is 0 Å². The number of nitrogens with one attached hydrogen (secondary N) is 1. The standard InChI is InChI=1S/C12H14Cl2N4/c1-3-15-11(12-16-7-17-18(12)2)8-4-5-9(13)10(14)6-8/h4-7,11,15H,3H2,1-2H3. The van der Waals surface area contributed by atoms with Crippen molar-refractivity contribution in [3.05, 3.63) is 46.0 Å². The Balaban J connectivity index is 2.41. The van der Waals surface area contributed by atoms with Crippen LogP contribution in [0, 0.1) is 0 Å². The molecule has 2 aromatic rings. The minimum Gasteiger partial charge on any atom is -0.304 e. The number of aryl methyl sites for hydroxylation is 1. The van der Waals surface area contributed by atoms with Crippen molar-refractivity contribution in [2.75, 3.05) is 6.54 Å². The zero-order chi connectivity index (χ0) is 13.1. The lowest BCUT2D eigenvalue weighted by molar-refractivity contribution is 0.559. The van der Waals surface area contributed by atoms with E-state index in [0.29, 0.717) is 10.0 Å². The fourth-order valence-corrected chi connectivity index (χ4v) is 2.13. The predicted molar refractivity (Wildman–Crippen MR) is 73.0 cm³/mol. The molecule has 96 valence electrons. The number of benzene rings is 1. The van der Waals surface area contributed by atoms with E-state index >= 15 is 0 Å². The maximum atomic E-state index is 6.06. The SMILES string of the molecule is CCNC(c1ccc(Cl)c(Cl)c1)c1ncnn1C. The first-order chi connectivity index (χ1) is 8.63. The minimum atomic E-state index is -0.0442. The van der Waals surface area contributed by atoms with Crippen LogP contribution in [-0.2, 0) is 7.05 Å². The van der Waals surface area contributed by atoms with Gasteiger partial charge in [0.2, 0.25) is 0 Å². The van der Waals surface area contributed by atoms with E-state index in [2.05, 4.69) is 15.4 Å². The van der Waals surface area contributed by atoms with Crippen molar-refractivity contribution in [3.8, 4) is 0 Å². The Morgan fingerprint density at radius 2 is 2.11 bits per heavy atom. The van der Waals surface area contributed by atoms with Gasteiger partial charge in [-0.25, -0.2) is 4.98 Å². The van der Waals surface area contributed by atoms with Crippen molar-refractivity contribution in [1.82, 2.24) is 20.1 Å². The summed E-state index contributed by atoms with van der Waals surface area (Å²) in [5, 5.41) is 8.55. The molecule has 0 aliphatic rings. The highest BCUT2D eigenvalue weighted by atomic mass is 35.5. The molecular formula is C12H14Cl2N4. The molecule has 1 N–H and O–H groups in total. The number of nitrogens with zero attached hydrogens (tertiary/aromatic N) is 3. The fourth-order valence-electron chi connectivity index (χ4n) is 1.82. The predicted octanol–water partition coefficient (Wildman–Crippen LogP) is 2.82. The lowest BCUT2D eigenvalue weighted by Crippen LogP contribution is -2.25. The van der Waals surface area contributed by atoms with E-state index in [1.165, 1.54) is 6.33 Å². The molecule has 0 saturated heterocycles. The minimum absolute atomic E-state index is 0.0442. The highest BCUT2D eigenvalue weighted by Gasteiger charge is 2.18. The van der Waals surface area contributed by atoms with Crippen LogP contribution in [0.3, 0.4) is 0 Å². The van der Waals surface area contributed by atoms with Crippen molar-refractivity contribution in [1.29, 1.82) is 0 Å². The Morgan fingerprint density at radius 3 is 2.67 bits per heavy atom. The molecule has 0 spiro atoms. The zero-order valence-corrected chi connectivity index (χ0v) is 11.7. The van der Waals surface area contributed by atoms with Crippen molar-refractivity contribution < 1.29 is 0 Å². The molecule has 18 heavy (non-hydrogen) atoms. The first-order valence-electron chi connectivity index (χ1n) is 5.65. The average molecular weight is 285 g/mol. The van der Waals surface area contributed by atoms with Gasteiger partial charge in [-0.15, -0.1) is 0 Å². The summed E-state index contributed by atoms with van der Waals surface area (Å²) in [6, 6.07) is 5.54. The Bertz CT molecular complexity index is 539. The van der Waals surface area contributed by atoms with Gasteiger partial charge in [-0.3, -0.25) is 4.68 Å². The Labute approximate surface area is 116 Å². The summed E-state index contributed by atoms with van der Waals surface area (Å²) in [5.41, 5.74) is 1.02. The molecule has 0 aliphatic carbocycles. The molecule has 1 atom stereocenters. The third-order valence-corrected chi connectivity index (χ3v) is 3.43. The van der Waals surface area contributed by atoms with E-state index < -0.39 is 0 Å². The lowest BCUT2D eigenvalue weighted by atomic mass is 10.1. The molecular weight excluding hydrogens is 271 g/mol. The summed E-state index contributed by atoms with van der Waals surface area (Å²) < 4.78 is 1.75. The monoisotopic (exact) mass is 284 g/mol. The molecule has 1 aromatic carbocycles. The van der Waals surface area contributed by atoms with Crippen molar-refractivity contribution in [3.63, 3.8) is 0 Å². The van der Waals surface area contributed by atoms with Crippen LogP contribution >= 0.6 is 23.2 Å². The number of halogens is 2. The van der Waals surface area contributed by atoms with Gasteiger partial charge in [-0.1, -0.05) is 36.2 Å². The van der Waals surface area contributed by atoms with E-state index in [1.807, 2.05) is 26.1 Å². The molecule has 1 aromatic heterocycles. The van der Waals surface area contributed by atoms with E-state index in [1.54, 1.807) is 10.7 Å². The summed E-state index contributed by atoms with van der Waals surface area (Å²) in [7, 11) is 1.87. The first kappa shape index (κ1) is 13.3. The van der Waals surface area contributed by atoms with Gasteiger partial charge in [0.15, 0.2) is 0 Å². The quantitative estimate of drug-likeness (QED) is 0.939. The maximum absolute atomic E-state index is 6.06. The van der Waals surface area contributed by atoms with Gasteiger partial charge in [-0.2, -0.15) is 5.10 Å². The lowest BCUT2D eigenvalue weighted by Gasteiger charge is -2.17. The Morgan fingerprint density at radius 1 is 1.33 bits per heavy atom. The van der Waals surface area contributed by atoms with Crippen LogP contribution in [0.5, 0.6) is 0 Å². The highest BCUT2D eigenvalue weighted by Crippen LogP contribution is 2.27. The molecule has 2 rings (SSSR count). The largest absolute Gasteiger partial charge is 0.304 e. The van der Waals surface area contributed by atoms with Gasteiger partial charge in [-0.05, 0) is 24.2 Å². The van der Waals surface area contributed by atoms with Gasteiger partial charge < -0.3 is 5.32 Å². The molecule has 0 fully saturated rings. The smallest absolute Gasteiger partial charge is 0.148 e. The number of hydrogen-bond acceptors (Lipinski definition) is 3. The second kappa shape index (κ2) is 5.69. The molecule has 0 amide bonds. The van der Waals surface area contributed by atoms with Gasteiger partial charge in [0, 0.05) is 7.05 Å². The summed E-state index contributed by atoms with van der Waals surface area (Å²) in [5.74, 6) is 0.843. The number of aromatic nitrogens is 3. The fraction of sp³-hybridized carbons (Fsp3) is 0.333. The van der Waals surface area contributed by atoms with Crippen molar-refractivity contribution >= 4 is 23.2 Å². The second-order valence-electron chi connectivity index (χ2n) is 3.91. The molecule has 0 aliphatic heterocycles. The Kier molecular flexibility index (Phi) is 4.22. The third-order valence-electron chi connectivity index (χ3n) is 2.69. The summed E-state index contributed by atoms with van der Waals surface area (Å²) in [6.07, 6.45) is 1.54. The molecule has 0 saturated carbocycles. The molecule has 0 radical (unpaired) electrons. The van der Waals surface area contributed by atoms with Gasteiger partial charge in [0.25, 0.3) is 0 Å². The van der Waals surface area contributed by atoms with Crippen LogP contribution in [0.25, 0.3) is 0 Å². The zero-order valence-electron chi connectivity index (χ0n) is 10.2. The van der Waals surface area contributed by atoms with Crippen LogP contribution in [0.1, 0.15) is 24.4 Å². The normalized spacial score (nSPS) is 12.7. The summed E-state index contributed by atoms with van der Waals surface area (Å²) >= 11 is 12.0. The van der Waals surface area contributed by atoms with Crippen LogP contribution in [0.15, 0.2) is 24.5 Å². The Hall–Kier alpha value is -1.10. The van der Waals surface area contributed by atoms with Crippen molar-refractivity contribution in [2.24, 2.45) is 7.05 Å². The third kappa shape index (κ3) is 2.66. The topological polar surface area (TPSA) is 42.7 Å². The maximum Gasteiger partial charge on any atom is 0.148 e. The summed E-state index contributed by atoms with van der Waals surface area (Å²) in [6.45, 7) is 2.86. The molecule has 4 nitrogen and oxygen atoms in total. The molecule has 1 heterocycles. The number of hydrogen-bond donors (Lipinski definition) is 1. The number of rotatable bonds is 4. The van der Waals surface area contributed by atoms with E-state index in [4.69, 9.17) is 23.2 Å². The van der Waals surface area contributed by atoms with Crippen LogP contribution in [0.2, 0.25) is 10.0 Å². The molecule has 6 heteroatoms. The van der Waals surface area contributed by atoms with Gasteiger partial charge in [0.05, 0.1) is 16.1 Å². The van der Waals surface area contributed by atoms with Gasteiger partial charge in [0.1, 0.15) is 12.2 Å². The van der Waals surface area contributed by atoms with Crippen LogP contribution < -0.4 is 5.32 Å². The van der Waals surface area contributed by atoms with E-state index in [0.717, 1.165) is 17.9 Å². The van der Waals surface area contributed by atoms with Crippen LogP contribution in [-0.4, -0.2) is 21.3 Å². The molecule has 1 unspecified atom stereocenters. The van der Waals surface area contributed by atoms with Gasteiger partial charge >= 0.3 is 0 Å². The van der Waals surface area contributed by atoms with E-state index in [9.17, 15) is 0 Å². The van der Waals surface area contributed by atoms with E-state index in [-0.39, 0.29) is 6.04 Å². The highest BCUT2D eigenvalue weighted by molar-refractivity contribution is 6.42. The summed E-state index contributed by atoms with van der Waals surface area (Å²) in [4.78, 5) is 4.28. The average Bonchev–Trinajstić information content (AvgIpc) is 2.76.